The monoisotopic (exact) mass is 284 g/mol. The fourth-order valence-corrected chi connectivity index (χ4v) is 2.76. The van der Waals surface area contributed by atoms with Crippen molar-refractivity contribution in [3.05, 3.63) is 26.7 Å². The molecule has 1 aliphatic rings. The van der Waals surface area contributed by atoms with Crippen LogP contribution in [-0.2, 0) is 5.60 Å². The van der Waals surface area contributed by atoms with Crippen molar-refractivity contribution in [2.45, 2.75) is 39.2 Å². The van der Waals surface area contributed by atoms with Crippen molar-refractivity contribution >= 4 is 15.9 Å². The van der Waals surface area contributed by atoms with E-state index in [-0.39, 0.29) is 0 Å². The first-order valence-corrected chi connectivity index (χ1v) is 6.28. The number of aliphatic hydroxyl groups is 1. The van der Waals surface area contributed by atoms with E-state index in [0.717, 1.165) is 39.8 Å². The lowest BCUT2D eigenvalue weighted by molar-refractivity contribution is 0.146. The average Bonchev–Trinajstić information content (AvgIpc) is 2.99. The lowest BCUT2D eigenvalue weighted by atomic mass is 9.94. The predicted molar refractivity (Wildman–Crippen MR) is 68.0 cm³/mol. The van der Waals surface area contributed by atoms with E-state index in [1.165, 1.54) is 5.56 Å². The Morgan fingerprint density at radius 3 is 2.12 bits per heavy atom. The highest BCUT2D eigenvalue weighted by atomic mass is 79.9. The first-order chi connectivity index (χ1) is 7.42. The second kappa shape index (κ2) is 3.74. The Kier molecular flexibility index (Phi) is 2.79. The van der Waals surface area contributed by atoms with Gasteiger partial charge in [-0.15, -0.1) is 0 Å². The molecule has 1 N–H and O–H groups in total. The van der Waals surface area contributed by atoms with Crippen LogP contribution in [0.2, 0.25) is 0 Å². The Balaban J connectivity index is 2.75. The van der Waals surface area contributed by atoms with Crippen LogP contribution in [0.15, 0.2) is 4.47 Å². The Hall–Kier alpha value is -0.540. The maximum Gasteiger partial charge on any atom is 0.128 e. The molecular weight excluding hydrogens is 268 g/mol. The minimum atomic E-state index is -0.656. The van der Waals surface area contributed by atoms with Crippen LogP contribution in [0.4, 0.5) is 0 Å². The number of benzene rings is 1. The van der Waals surface area contributed by atoms with Gasteiger partial charge in [-0.3, -0.25) is 0 Å². The molecule has 0 aromatic heterocycles. The van der Waals surface area contributed by atoms with E-state index in [9.17, 15) is 5.11 Å². The van der Waals surface area contributed by atoms with Gasteiger partial charge in [0.15, 0.2) is 0 Å². The number of methoxy groups -OCH3 is 1. The molecule has 0 amide bonds. The summed E-state index contributed by atoms with van der Waals surface area (Å²) in [6.07, 6.45) is 1.66. The molecule has 1 aliphatic carbocycles. The fraction of sp³-hybridized carbons (Fsp3) is 0.538. The number of hydrogen-bond acceptors (Lipinski definition) is 2. The van der Waals surface area contributed by atoms with Gasteiger partial charge in [0, 0.05) is 10.0 Å². The van der Waals surface area contributed by atoms with Gasteiger partial charge >= 0.3 is 0 Å². The maximum absolute atomic E-state index is 10.3. The highest BCUT2D eigenvalue weighted by molar-refractivity contribution is 9.10. The van der Waals surface area contributed by atoms with Crippen molar-refractivity contribution < 1.29 is 9.84 Å². The zero-order chi connectivity index (χ0) is 12.1. The van der Waals surface area contributed by atoms with Gasteiger partial charge in [-0.25, -0.2) is 0 Å². The molecule has 2 rings (SSSR count). The Morgan fingerprint density at radius 1 is 1.12 bits per heavy atom. The van der Waals surface area contributed by atoms with Crippen LogP contribution < -0.4 is 4.74 Å². The molecule has 0 atom stereocenters. The Bertz CT molecular complexity index is 448. The number of rotatable bonds is 2. The molecule has 1 aromatic carbocycles. The smallest absolute Gasteiger partial charge is 0.128 e. The van der Waals surface area contributed by atoms with Crippen LogP contribution in [0.5, 0.6) is 5.75 Å². The van der Waals surface area contributed by atoms with Gasteiger partial charge in [-0.1, -0.05) is 15.9 Å². The quantitative estimate of drug-likeness (QED) is 0.902. The van der Waals surface area contributed by atoms with Crippen molar-refractivity contribution in [1.29, 1.82) is 0 Å². The van der Waals surface area contributed by atoms with Crippen molar-refractivity contribution in [2.75, 3.05) is 7.11 Å². The second-order valence-electron chi connectivity index (χ2n) is 4.63. The van der Waals surface area contributed by atoms with E-state index in [4.69, 9.17) is 4.74 Å². The van der Waals surface area contributed by atoms with Gasteiger partial charge < -0.3 is 9.84 Å². The standard InChI is InChI=1S/C13H17BrO2/c1-7-8(2)12(16-4)10(9(3)11(7)14)13(15)5-6-13/h15H,5-6H2,1-4H3. The lowest BCUT2D eigenvalue weighted by Crippen LogP contribution is -2.12. The molecule has 0 unspecified atom stereocenters. The molecule has 0 radical (unpaired) electrons. The summed E-state index contributed by atoms with van der Waals surface area (Å²) in [7, 11) is 1.67. The zero-order valence-electron chi connectivity index (χ0n) is 10.1. The third kappa shape index (κ3) is 1.57. The number of hydrogen-bond donors (Lipinski definition) is 1. The maximum atomic E-state index is 10.3. The van der Waals surface area contributed by atoms with E-state index in [1.807, 2.05) is 13.8 Å². The number of ether oxygens (including phenoxy) is 1. The topological polar surface area (TPSA) is 29.5 Å². The molecule has 16 heavy (non-hydrogen) atoms. The van der Waals surface area contributed by atoms with Crippen molar-refractivity contribution in [3.63, 3.8) is 0 Å². The summed E-state index contributed by atoms with van der Waals surface area (Å²) in [5.74, 6) is 0.846. The molecule has 1 fully saturated rings. The van der Waals surface area contributed by atoms with Gasteiger partial charge in [-0.2, -0.15) is 0 Å². The first kappa shape index (κ1) is 11.9. The molecular formula is C13H17BrO2. The van der Waals surface area contributed by atoms with Gasteiger partial charge in [0.2, 0.25) is 0 Å². The molecule has 0 saturated heterocycles. The summed E-state index contributed by atoms with van der Waals surface area (Å²) in [5.41, 5.74) is 3.69. The molecule has 1 aromatic rings. The summed E-state index contributed by atoms with van der Waals surface area (Å²) in [6.45, 7) is 6.13. The summed E-state index contributed by atoms with van der Waals surface area (Å²) >= 11 is 3.60. The average molecular weight is 285 g/mol. The van der Waals surface area contributed by atoms with Gasteiger partial charge in [0.1, 0.15) is 5.75 Å². The molecule has 0 spiro atoms. The van der Waals surface area contributed by atoms with Crippen LogP contribution in [0, 0.1) is 20.8 Å². The summed E-state index contributed by atoms with van der Waals surface area (Å²) in [5, 5.41) is 10.3. The molecule has 88 valence electrons. The second-order valence-corrected chi connectivity index (χ2v) is 5.42. The van der Waals surface area contributed by atoms with E-state index in [0.29, 0.717) is 0 Å². The van der Waals surface area contributed by atoms with Crippen molar-refractivity contribution in [2.24, 2.45) is 0 Å². The van der Waals surface area contributed by atoms with E-state index in [2.05, 4.69) is 22.9 Å². The van der Waals surface area contributed by atoms with Crippen LogP contribution >= 0.6 is 15.9 Å². The largest absolute Gasteiger partial charge is 0.496 e. The van der Waals surface area contributed by atoms with Crippen LogP contribution in [0.25, 0.3) is 0 Å². The molecule has 0 bridgehead atoms. The third-order valence-corrected chi connectivity index (χ3v) is 4.75. The van der Waals surface area contributed by atoms with Crippen molar-refractivity contribution in [1.82, 2.24) is 0 Å². The number of halogens is 1. The molecule has 2 nitrogen and oxygen atoms in total. The van der Waals surface area contributed by atoms with E-state index < -0.39 is 5.60 Å². The minimum Gasteiger partial charge on any atom is -0.496 e. The lowest BCUT2D eigenvalue weighted by Gasteiger charge is -2.22. The normalized spacial score (nSPS) is 17.4. The van der Waals surface area contributed by atoms with Crippen molar-refractivity contribution in [3.8, 4) is 5.75 Å². The Labute approximate surface area is 105 Å². The van der Waals surface area contributed by atoms with Crippen LogP contribution in [0.3, 0.4) is 0 Å². The van der Waals surface area contributed by atoms with Crippen LogP contribution in [0.1, 0.15) is 35.1 Å². The predicted octanol–water partition coefficient (Wildman–Crippen LogP) is 3.36. The Morgan fingerprint density at radius 2 is 1.69 bits per heavy atom. The van der Waals surface area contributed by atoms with E-state index in [1.54, 1.807) is 7.11 Å². The van der Waals surface area contributed by atoms with E-state index >= 15 is 0 Å². The van der Waals surface area contributed by atoms with Gasteiger partial charge in [0.05, 0.1) is 12.7 Å². The third-order valence-electron chi connectivity index (χ3n) is 3.56. The summed E-state index contributed by atoms with van der Waals surface area (Å²) < 4.78 is 6.56. The fourth-order valence-electron chi connectivity index (χ4n) is 2.27. The minimum absolute atomic E-state index is 0.656. The van der Waals surface area contributed by atoms with Crippen LogP contribution in [-0.4, -0.2) is 12.2 Å². The summed E-state index contributed by atoms with van der Waals surface area (Å²) in [6, 6.07) is 0. The SMILES string of the molecule is COc1c(C)c(C)c(Br)c(C)c1C1(O)CC1. The highest BCUT2D eigenvalue weighted by Gasteiger charge is 2.46. The van der Waals surface area contributed by atoms with Gasteiger partial charge in [-0.05, 0) is 50.3 Å². The molecule has 0 aliphatic heterocycles. The summed E-state index contributed by atoms with van der Waals surface area (Å²) in [4.78, 5) is 0. The zero-order valence-corrected chi connectivity index (χ0v) is 11.7. The van der Waals surface area contributed by atoms with Gasteiger partial charge in [0.25, 0.3) is 0 Å². The molecule has 3 heteroatoms. The molecule has 0 heterocycles. The first-order valence-electron chi connectivity index (χ1n) is 5.48. The highest BCUT2D eigenvalue weighted by Crippen LogP contribution is 2.52. The molecule has 1 saturated carbocycles.